The van der Waals surface area contributed by atoms with Crippen molar-refractivity contribution in [3.05, 3.63) is 29.6 Å². The largest absolute Gasteiger partial charge is 0.478 e. The van der Waals surface area contributed by atoms with E-state index < -0.39 is 5.97 Å². The van der Waals surface area contributed by atoms with Crippen LogP contribution in [-0.2, 0) is 6.54 Å². The van der Waals surface area contributed by atoms with Gasteiger partial charge < -0.3 is 15.7 Å². The lowest BCUT2D eigenvalue weighted by Gasteiger charge is -2.07. The monoisotopic (exact) mass is 311 g/mol. The average molecular weight is 311 g/mol. The fourth-order valence-corrected chi connectivity index (χ4v) is 2.18. The van der Waals surface area contributed by atoms with Crippen LogP contribution in [0.3, 0.4) is 0 Å². The van der Waals surface area contributed by atoms with Gasteiger partial charge in [-0.1, -0.05) is 6.42 Å². The molecule has 1 aromatic heterocycles. The summed E-state index contributed by atoms with van der Waals surface area (Å²) in [5.41, 5.74) is 0.682. The second kappa shape index (κ2) is 10.0. The van der Waals surface area contributed by atoms with E-state index in [1.165, 1.54) is 18.3 Å². The van der Waals surface area contributed by atoms with E-state index in [0.717, 1.165) is 25.0 Å². The highest BCUT2D eigenvalue weighted by Gasteiger charge is 2.05. The number of carboxylic acids is 1. The maximum absolute atomic E-state index is 11.6. The molecule has 3 N–H and O–H groups in total. The standard InChI is InChI=1S/C14H21N3O3S/c1-21-8-4-2-3-6-16-14(20)17-10-12-9-11(13(18)19)5-7-15-12/h5,7,9H,2-4,6,8,10H2,1H3,(H,18,19)(H2,16,17,20). The van der Waals surface area contributed by atoms with Crippen molar-refractivity contribution in [3.8, 4) is 0 Å². The van der Waals surface area contributed by atoms with Crippen LogP contribution in [0.5, 0.6) is 0 Å². The van der Waals surface area contributed by atoms with Crippen molar-refractivity contribution in [1.82, 2.24) is 15.6 Å². The number of aromatic nitrogens is 1. The number of hydrogen-bond donors (Lipinski definition) is 3. The molecule has 0 atom stereocenters. The zero-order valence-corrected chi connectivity index (χ0v) is 12.9. The minimum absolute atomic E-state index is 0.163. The molecule has 0 saturated carbocycles. The Bertz CT molecular complexity index is 469. The fourth-order valence-electron chi connectivity index (χ4n) is 1.69. The molecule has 1 rings (SSSR count). The predicted octanol–water partition coefficient (Wildman–Crippen LogP) is 2.11. The number of hydrogen-bond acceptors (Lipinski definition) is 4. The Kier molecular flexibility index (Phi) is 8.27. The van der Waals surface area contributed by atoms with E-state index in [2.05, 4.69) is 21.9 Å². The van der Waals surface area contributed by atoms with Gasteiger partial charge in [-0.3, -0.25) is 4.98 Å². The fraction of sp³-hybridized carbons (Fsp3) is 0.500. The summed E-state index contributed by atoms with van der Waals surface area (Å²) >= 11 is 1.83. The molecule has 2 amide bonds. The Morgan fingerprint density at radius 1 is 1.29 bits per heavy atom. The smallest absolute Gasteiger partial charge is 0.335 e. The molecule has 6 nitrogen and oxygen atoms in total. The Morgan fingerprint density at radius 2 is 2.10 bits per heavy atom. The Morgan fingerprint density at radius 3 is 2.81 bits per heavy atom. The van der Waals surface area contributed by atoms with Crippen molar-refractivity contribution in [3.63, 3.8) is 0 Å². The van der Waals surface area contributed by atoms with Crippen LogP contribution >= 0.6 is 11.8 Å². The lowest BCUT2D eigenvalue weighted by atomic mass is 10.2. The van der Waals surface area contributed by atoms with Crippen LogP contribution in [0.4, 0.5) is 4.79 Å². The van der Waals surface area contributed by atoms with Gasteiger partial charge in [0.25, 0.3) is 0 Å². The van der Waals surface area contributed by atoms with Gasteiger partial charge in [0.05, 0.1) is 17.8 Å². The van der Waals surface area contributed by atoms with Crippen molar-refractivity contribution < 1.29 is 14.7 Å². The summed E-state index contributed by atoms with van der Waals surface area (Å²) in [4.78, 5) is 26.4. The van der Waals surface area contributed by atoms with Crippen molar-refractivity contribution in [2.75, 3.05) is 18.6 Å². The van der Waals surface area contributed by atoms with E-state index in [9.17, 15) is 9.59 Å². The van der Waals surface area contributed by atoms with Crippen LogP contribution in [0.25, 0.3) is 0 Å². The maximum atomic E-state index is 11.6. The first-order valence-electron chi connectivity index (χ1n) is 6.82. The lowest BCUT2D eigenvalue weighted by Crippen LogP contribution is -2.35. The molecule has 1 aromatic rings. The topological polar surface area (TPSA) is 91.3 Å². The molecule has 7 heteroatoms. The Labute approximate surface area is 128 Å². The zero-order valence-electron chi connectivity index (χ0n) is 12.1. The van der Waals surface area contributed by atoms with Crippen LogP contribution in [-0.4, -0.2) is 40.6 Å². The van der Waals surface area contributed by atoms with Crippen molar-refractivity contribution in [1.29, 1.82) is 0 Å². The molecule has 21 heavy (non-hydrogen) atoms. The number of urea groups is 1. The van der Waals surface area contributed by atoms with Gasteiger partial charge in [-0.05, 0) is 37.0 Å². The van der Waals surface area contributed by atoms with Crippen LogP contribution in [0.1, 0.15) is 35.3 Å². The van der Waals surface area contributed by atoms with E-state index >= 15 is 0 Å². The van der Waals surface area contributed by atoms with Gasteiger partial charge in [-0.2, -0.15) is 11.8 Å². The minimum Gasteiger partial charge on any atom is -0.478 e. The molecule has 0 unspecified atom stereocenters. The second-order valence-corrected chi connectivity index (χ2v) is 5.49. The number of thioether (sulfide) groups is 1. The van der Waals surface area contributed by atoms with Gasteiger partial charge in [0.15, 0.2) is 0 Å². The van der Waals surface area contributed by atoms with Gasteiger partial charge in [0.2, 0.25) is 0 Å². The lowest BCUT2D eigenvalue weighted by molar-refractivity contribution is 0.0696. The predicted molar refractivity (Wildman–Crippen MR) is 83.7 cm³/mol. The highest BCUT2D eigenvalue weighted by Crippen LogP contribution is 2.02. The third-order valence-corrected chi connectivity index (χ3v) is 3.50. The molecule has 0 bridgehead atoms. The summed E-state index contributed by atoms with van der Waals surface area (Å²) in [6.07, 6.45) is 6.73. The summed E-state index contributed by atoms with van der Waals surface area (Å²) in [5, 5.41) is 14.3. The molecule has 0 aliphatic heterocycles. The van der Waals surface area contributed by atoms with Gasteiger partial charge in [0.1, 0.15) is 0 Å². The molecule has 0 radical (unpaired) electrons. The van der Waals surface area contributed by atoms with Crippen molar-refractivity contribution >= 4 is 23.8 Å². The molecule has 0 fully saturated rings. The number of nitrogens with one attached hydrogen (secondary N) is 2. The summed E-state index contributed by atoms with van der Waals surface area (Å²) in [6, 6.07) is 2.60. The minimum atomic E-state index is -1.01. The third kappa shape index (κ3) is 7.55. The zero-order chi connectivity index (χ0) is 15.5. The van der Waals surface area contributed by atoms with Crippen molar-refractivity contribution in [2.24, 2.45) is 0 Å². The van der Waals surface area contributed by atoms with Gasteiger partial charge >= 0.3 is 12.0 Å². The average Bonchev–Trinajstić information content (AvgIpc) is 2.49. The summed E-state index contributed by atoms with van der Waals surface area (Å²) in [7, 11) is 0. The number of nitrogens with zero attached hydrogens (tertiary/aromatic N) is 1. The highest BCUT2D eigenvalue weighted by molar-refractivity contribution is 7.98. The number of amides is 2. The Hall–Kier alpha value is -1.76. The third-order valence-electron chi connectivity index (χ3n) is 2.80. The second-order valence-electron chi connectivity index (χ2n) is 4.50. The van der Waals surface area contributed by atoms with Gasteiger partial charge in [-0.25, -0.2) is 9.59 Å². The number of unbranched alkanes of at least 4 members (excludes halogenated alkanes) is 2. The SMILES string of the molecule is CSCCCCCNC(=O)NCc1cc(C(=O)O)ccn1. The van der Waals surface area contributed by atoms with Gasteiger partial charge in [-0.15, -0.1) is 0 Å². The number of carbonyl (C=O) groups is 2. The van der Waals surface area contributed by atoms with Crippen molar-refractivity contribution in [2.45, 2.75) is 25.8 Å². The first-order valence-corrected chi connectivity index (χ1v) is 8.21. The Balaban J connectivity index is 2.21. The molecule has 0 saturated heterocycles. The highest BCUT2D eigenvalue weighted by atomic mass is 32.2. The summed E-state index contributed by atoms with van der Waals surface area (Å²) in [6.45, 7) is 0.849. The van der Waals surface area contributed by atoms with E-state index in [1.54, 1.807) is 0 Å². The van der Waals surface area contributed by atoms with E-state index in [0.29, 0.717) is 12.2 Å². The number of aromatic carboxylic acids is 1. The first kappa shape index (κ1) is 17.3. The van der Waals surface area contributed by atoms with Crippen LogP contribution in [0, 0.1) is 0 Å². The molecule has 116 valence electrons. The van der Waals surface area contributed by atoms with E-state index in [1.807, 2.05) is 11.8 Å². The van der Waals surface area contributed by atoms with Crippen LogP contribution < -0.4 is 10.6 Å². The number of rotatable bonds is 9. The van der Waals surface area contributed by atoms with E-state index in [-0.39, 0.29) is 18.1 Å². The summed E-state index contributed by atoms with van der Waals surface area (Å²) < 4.78 is 0. The number of carbonyl (C=O) groups excluding carboxylic acids is 1. The normalized spacial score (nSPS) is 10.1. The quantitative estimate of drug-likeness (QED) is 0.608. The molecule has 0 spiro atoms. The maximum Gasteiger partial charge on any atom is 0.335 e. The van der Waals surface area contributed by atoms with E-state index in [4.69, 9.17) is 5.11 Å². The van der Waals surface area contributed by atoms with Crippen LogP contribution in [0.2, 0.25) is 0 Å². The van der Waals surface area contributed by atoms with Crippen LogP contribution in [0.15, 0.2) is 18.3 Å². The number of pyridine rings is 1. The summed E-state index contributed by atoms with van der Waals surface area (Å²) in [5.74, 6) is 0.144. The number of carboxylic acid groups (broad SMARTS) is 1. The molecular formula is C14H21N3O3S. The molecular weight excluding hydrogens is 290 g/mol. The molecule has 0 aliphatic carbocycles. The molecule has 0 aromatic carbocycles. The molecule has 0 aliphatic rings. The first-order chi connectivity index (χ1) is 10.1. The van der Waals surface area contributed by atoms with Gasteiger partial charge in [0, 0.05) is 12.7 Å². The molecule has 1 heterocycles.